The van der Waals surface area contributed by atoms with Gasteiger partial charge in [-0.25, -0.2) is 0 Å². The summed E-state index contributed by atoms with van der Waals surface area (Å²) in [6.07, 6.45) is 5.50. The van der Waals surface area contributed by atoms with Crippen LogP contribution in [0.2, 0.25) is 0 Å². The molecule has 0 spiro atoms. The van der Waals surface area contributed by atoms with E-state index in [4.69, 9.17) is 5.11 Å². The molecule has 3 atom stereocenters. The zero-order valence-electron chi connectivity index (χ0n) is 11.2. The van der Waals surface area contributed by atoms with Gasteiger partial charge in [0.2, 0.25) is 5.91 Å². The van der Waals surface area contributed by atoms with E-state index in [1.54, 1.807) is 0 Å². The summed E-state index contributed by atoms with van der Waals surface area (Å²) in [5.74, 6) is -1.66. The van der Waals surface area contributed by atoms with E-state index >= 15 is 0 Å². The Bertz CT molecular complexity index is 351. The van der Waals surface area contributed by atoms with Crippen molar-refractivity contribution in [2.45, 2.75) is 58.4 Å². The van der Waals surface area contributed by atoms with E-state index in [-0.39, 0.29) is 23.3 Å². The third-order valence-electron chi connectivity index (χ3n) is 4.74. The number of carbonyl (C=O) groups excluding carboxylic acids is 1. The van der Waals surface area contributed by atoms with Gasteiger partial charge in [-0.2, -0.15) is 0 Å². The van der Waals surface area contributed by atoms with Crippen LogP contribution in [0.3, 0.4) is 0 Å². The molecule has 1 amide bonds. The van der Waals surface area contributed by atoms with Crippen LogP contribution in [0, 0.1) is 17.3 Å². The van der Waals surface area contributed by atoms with Gasteiger partial charge >= 0.3 is 5.97 Å². The molecule has 0 radical (unpaired) electrons. The summed E-state index contributed by atoms with van der Waals surface area (Å²) in [5.41, 5.74) is 0.146. The zero-order chi connectivity index (χ0) is 13.3. The molecule has 18 heavy (non-hydrogen) atoms. The van der Waals surface area contributed by atoms with Crippen molar-refractivity contribution in [2.24, 2.45) is 17.3 Å². The number of carboxylic acids is 1. The average molecular weight is 253 g/mol. The van der Waals surface area contributed by atoms with Crippen molar-refractivity contribution in [3.8, 4) is 0 Å². The number of aliphatic carboxylic acids is 1. The molecule has 1 unspecified atom stereocenters. The number of nitrogens with one attached hydrogen (secondary N) is 1. The minimum Gasteiger partial charge on any atom is -0.481 e. The lowest BCUT2D eigenvalue weighted by molar-refractivity contribution is -0.146. The molecule has 2 saturated carbocycles. The van der Waals surface area contributed by atoms with Gasteiger partial charge in [-0.3, -0.25) is 9.59 Å². The van der Waals surface area contributed by atoms with Crippen molar-refractivity contribution in [1.29, 1.82) is 0 Å². The third kappa shape index (κ3) is 2.52. The van der Waals surface area contributed by atoms with Gasteiger partial charge in [-0.15, -0.1) is 0 Å². The smallest absolute Gasteiger partial charge is 0.307 e. The van der Waals surface area contributed by atoms with E-state index in [0.29, 0.717) is 6.42 Å². The second-order valence-corrected chi connectivity index (χ2v) is 6.42. The number of amides is 1. The summed E-state index contributed by atoms with van der Waals surface area (Å²) >= 11 is 0. The molecule has 0 heterocycles. The van der Waals surface area contributed by atoms with Crippen molar-refractivity contribution < 1.29 is 14.7 Å². The molecule has 0 aromatic rings. The molecule has 2 fully saturated rings. The van der Waals surface area contributed by atoms with Gasteiger partial charge < -0.3 is 10.4 Å². The highest BCUT2D eigenvalue weighted by molar-refractivity contribution is 5.85. The molecule has 2 N–H and O–H groups in total. The van der Waals surface area contributed by atoms with Gasteiger partial charge in [0.1, 0.15) is 0 Å². The van der Waals surface area contributed by atoms with Gasteiger partial charge in [0.05, 0.1) is 11.8 Å². The Hall–Kier alpha value is -1.06. The number of carboxylic acid groups (broad SMARTS) is 1. The number of hydrogen-bond donors (Lipinski definition) is 2. The van der Waals surface area contributed by atoms with Crippen molar-refractivity contribution in [3.63, 3.8) is 0 Å². The fourth-order valence-electron chi connectivity index (χ4n) is 3.44. The standard InChI is InChI=1S/C14H23NO3/c1-14(2)8-4-7-11(14)15-12(16)9-5-3-6-10(9)13(17)18/h9-11H,3-8H2,1-2H3,(H,15,16)(H,17,18)/t9-,10+,11?/m1/s1. The first-order valence-corrected chi connectivity index (χ1v) is 6.95. The minimum atomic E-state index is -0.821. The van der Waals surface area contributed by atoms with Gasteiger partial charge in [-0.05, 0) is 31.1 Å². The topological polar surface area (TPSA) is 66.4 Å². The molecule has 0 saturated heterocycles. The Balaban J connectivity index is 1.97. The molecule has 0 aromatic heterocycles. The Kier molecular flexibility index (Phi) is 3.64. The average Bonchev–Trinajstić information content (AvgIpc) is 2.86. The third-order valence-corrected chi connectivity index (χ3v) is 4.74. The number of hydrogen-bond acceptors (Lipinski definition) is 2. The second-order valence-electron chi connectivity index (χ2n) is 6.42. The molecular formula is C14H23NO3. The monoisotopic (exact) mass is 253 g/mol. The Morgan fingerprint density at radius 2 is 1.78 bits per heavy atom. The maximum atomic E-state index is 12.2. The minimum absolute atomic E-state index is 0.0418. The Labute approximate surface area is 108 Å². The largest absolute Gasteiger partial charge is 0.481 e. The van der Waals surface area contributed by atoms with Crippen LogP contribution in [-0.4, -0.2) is 23.0 Å². The van der Waals surface area contributed by atoms with Crippen molar-refractivity contribution >= 4 is 11.9 Å². The zero-order valence-corrected chi connectivity index (χ0v) is 11.2. The van der Waals surface area contributed by atoms with Crippen LogP contribution in [0.15, 0.2) is 0 Å². The first-order valence-electron chi connectivity index (χ1n) is 6.95. The summed E-state index contributed by atoms with van der Waals surface area (Å²) in [5, 5.41) is 12.2. The SMILES string of the molecule is CC1(C)CCCC1NC(=O)[C@@H]1CCC[C@@H]1C(=O)O. The van der Waals surface area contributed by atoms with Crippen molar-refractivity contribution in [3.05, 3.63) is 0 Å². The quantitative estimate of drug-likeness (QED) is 0.810. The highest BCUT2D eigenvalue weighted by Crippen LogP contribution is 2.38. The lowest BCUT2D eigenvalue weighted by atomic mass is 9.86. The molecule has 2 rings (SSSR count). The molecule has 0 aliphatic heterocycles. The molecule has 0 bridgehead atoms. The van der Waals surface area contributed by atoms with Crippen LogP contribution < -0.4 is 5.32 Å². The predicted octanol–water partition coefficient (Wildman–Crippen LogP) is 2.18. The predicted molar refractivity (Wildman–Crippen MR) is 68.0 cm³/mol. The molecule has 0 aromatic carbocycles. The van der Waals surface area contributed by atoms with Crippen LogP contribution >= 0.6 is 0 Å². The molecule has 2 aliphatic rings. The summed E-state index contributed by atoms with van der Waals surface area (Å²) in [7, 11) is 0. The summed E-state index contributed by atoms with van der Waals surface area (Å²) in [6.45, 7) is 4.35. The highest BCUT2D eigenvalue weighted by atomic mass is 16.4. The highest BCUT2D eigenvalue weighted by Gasteiger charge is 2.41. The molecular weight excluding hydrogens is 230 g/mol. The maximum Gasteiger partial charge on any atom is 0.307 e. The first-order chi connectivity index (χ1) is 8.42. The van der Waals surface area contributed by atoms with Gasteiger partial charge in [-0.1, -0.05) is 26.7 Å². The normalized spacial score (nSPS) is 34.4. The number of carbonyl (C=O) groups is 2. The molecule has 2 aliphatic carbocycles. The number of rotatable bonds is 3. The van der Waals surface area contributed by atoms with Gasteiger partial charge in [0, 0.05) is 6.04 Å². The second kappa shape index (κ2) is 4.90. The maximum absolute atomic E-state index is 12.2. The van der Waals surface area contributed by atoms with Crippen LogP contribution in [0.4, 0.5) is 0 Å². The van der Waals surface area contributed by atoms with E-state index < -0.39 is 11.9 Å². The lowest BCUT2D eigenvalue weighted by Crippen LogP contribution is -2.45. The van der Waals surface area contributed by atoms with Gasteiger partial charge in [0.15, 0.2) is 0 Å². The van der Waals surface area contributed by atoms with Crippen molar-refractivity contribution in [1.82, 2.24) is 5.32 Å². The van der Waals surface area contributed by atoms with Crippen LogP contribution in [-0.2, 0) is 9.59 Å². The summed E-state index contributed by atoms with van der Waals surface area (Å²) < 4.78 is 0. The Morgan fingerprint density at radius 3 is 2.33 bits per heavy atom. The van der Waals surface area contributed by atoms with E-state index in [1.165, 1.54) is 0 Å². The Morgan fingerprint density at radius 1 is 1.11 bits per heavy atom. The van der Waals surface area contributed by atoms with Crippen LogP contribution in [0.25, 0.3) is 0 Å². The molecule has 4 heteroatoms. The summed E-state index contributed by atoms with van der Waals surface area (Å²) in [4.78, 5) is 23.3. The first kappa shape index (κ1) is 13.4. The van der Waals surface area contributed by atoms with Crippen LogP contribution in [0.5, 0.6) is 0 Å². The van der Waals surface area contributed by atoms with Crippen molar-refractivity contribution in [2.75, 3.05) is 0 Å². The van der Waals surface area contributed by atoms with E-state index in [9.17, 15) is 9.59 Å². The van der Waals surface area contributed by atoms with E-state index in [1.807, 2.05) is 0 Å². The fourth-order valence-corrected chi connectivity index (χ4v) is 3.44. The van der Waals surface area contributed by atoms with E-state index in [2.05, 4.69) is 19.2 Å². The summed E-state index contributed by atoms with van der Waals surface area (Å²) in [6, 6.07) is 0.208. The fraction of sp³-hybridized carbons (Fsp3) is 0.857. The molecule has 102 valence electrons. The van der Waals surface area contributed by atoms with Crippen LogP contribution in [0.1, 0.15) is 52.4 Å². The van der Waals surface area contributed by atoms with E-state index in [0.717, 1.165) is 32.1 Å². The molecule has 4 nitrogen and oxygen atoms in total. The van der Waals surface area contributed by atoms with Gasteiger partial charge in [0.25, 0.3) is 0 Å². The lowest BCUT2D eigenvalue weighted by Gasteiger charge is -2.29.